The highest BCUT2D eigenvalue weighted by atomic mass is 32.2. The summed E-state index contributed by atoms with van der Waals surface area (Å²) in [5, 5.41) is 3.31. The maximum Gasteiger partial charge on any atom is 0.211 e. The highest BCUT2D eigenvalue weighted by Gasteiger charge is 2.21. The van der Waals surface area contributed by atoms with Crippen molar-refractivity contribution < 1.29 is 8.42 Å². The normalized spacial score (nSPS) is 24.1. The summed E-state index contributed by atoms with van der Waals surface area (Å²) >= 11 is 0. The minimum absolute atomic E-state index is 0.296. The second kappa shape index (κ2) is 7.73. The summed E-state index contributed by atoms with van der Waals surface area (Å²) in [5.74, 6) is 1.39. The van der Waals surface area contributed by atoms with E-state index in [9.17, 15) is 8.42 Å². The van der Waals surface area contributed by atoms with Gasteiger partial charge in [-0.25, -0.2) is 13.1 Å². The van der Waals surface area contributed by atoms with E-state index in [2.05, 4.69) is 22.0 Å². The molecule has 2 N–H and O–H groups in total. The number of hydrogen-bond acceptors (Lipinski definition) is 4. The van der Waals surface area contributed by atoms with Crippen molar-refractivity contribution in [3.63, 3.8) is 0 Å². The van der Waals surface area contributed by atoms with Crippen LogP contribution in [0.25, 0.3) is 0 Å². The van der Waals surface area contributed by atoms with Gasteiger partial charge in [-0.3, -0.25) is 0 Å². The standard InChI is InChI=1S/C14H29N3O2S/c1-17-9-4-14(5-10-17)12-16-20(18,19)11-6-13-2-7-15-8-3-13/h13-16H,2-12H2,1H3. The Hall–Kier alpha value is -0.170. The van der Waals surface area contributed by atoms with Gasteiger partial charge in [-0.05, 0) is 77.2 Å². The molecule has 2 fully saturated rings. The minimum atomic E-state index is -3.08. The van der Waals surface area contributed by atoms with Crippen LogP contribution in [0.2, 0.25) is 0 Å². The molecule has 0 amide bonds. The van der Waals surface area contributed by atoms with Crippen LogP contribution < -0.4 is 10.0 Å². The van der Waals surface area contributed by atoms with Gasteiger partial charge in [0, 0.05) is 6.54 Å². The monoisotopic (exact) mass is 303 g/mol. The molecule has 6 heteroatoms. The van der Waals surface area contributed by atoms with E-state index in [1.165, 1.54) is 0 Å². The summed E-state index contributed by atoms with van der Waals surface area (Å²) in [4.78, 5) is 2.31. The molecule has 2 aliphatic heterocycles. The predicted octanol–water partition coefficient (Wildman–Crippen LogP) is 0.637. The molecule has 0 aromatic rings. The molecular formula is C14H29N3O2S. The first-order valence-electron chi connectivity index (χ1n) is 7.92. The van der Waals surface area contributed by atoms with Crippen molar-refractivity contribution in [2.75, 3.05) is 45.5 Å². The Balaban J connectivity index is 1.65. The zero-order valence-corrected chi connectivity index (χ0v) is 13.4. The van der Waals surface area contributed by atoms with E-state index in [0.717, 1.165) is 58.3 Å². The molecular weight excluding hydrogens is 274 g/mol. The maximum absolute atomic E-state index is 12.0. The molecule has 0 bridgehead atoms. The number of piperidine rings is 2. The molecule has 2 rings (SSSR count). The summed E-state index contributed by atoms with van der Waals surface area (Å²) in [6, 6.07) is 0. The van der Waals surface area contributed by atoms with Gasteiger partial charge in [0.15, 0.2) is 0 Å². The number of nitrogens with one attached hydrogen (secondary N) is 2. The number of sulfonamides is 1. The molecule has 0 radical (unpaired) electrons. The van der Waals surface area contributed by atoms with Crippen molar-refractivity contribution in [3.05, 3.63) is 0 Å². The van der Waals surface area contributed by atoms with Gasteiger partial charge in [-0.15, -0.1) is 0 Å². The van der Waals surface area contributed by atoms with Gasteiger partial charge in [0.25, 0.3) is 0 Å². The first kappa shape index (κ1) is 16.2. The lowest BCUT2D eigenvalue weighted by Gasteiger charge is -2.29. The Morgan fingerprint density at radius 3 is 2.40 bits per heavy atom. The first-order valence-corrected chi connectivity index (χ1v) is 9.57. The smallest absolute Gasteiger partial charge is 0.211 e. The van der Waals surface area contributed by atoms with E-state index in [1.54, 1.807) is 0 Å². The van der Waals surface area contributed by atoms with Crippen LogP contribution in [0.1, 0.15) is 32.1 Å². The van der Waals surface area contributed by atoms with Crippen LogP contribution >= 0.6 is 0 Å². The second-order valence-electron chi connectivity index (χ2n) is 6.40. The summed E-state index contributed by atoms with van der Waals surface area (Å²) < 4.78 is 26.9. The molecule has 0 aliphatic carbocycles. The van der Waals surface area contributed by atoms with Gasteiger partial charge in [-0.2, -0.15) is 0 Å². The summed E-state index contributed by atoms with van der Waals surface area (Å²) in [7, 11) is -0.953. The summed E-state index contributed by atoms with van der Waals surface area (Å²) in [5.41, 5.74) is 0. The first-order chi connectivity index (χ1) is 9.55. The molecule has 0 spiro atoms. The molecule has 0 atom stereocenters. The average Bonchev–Trinajstić information content (AvgIpc) is 2.46. The van der Waals surface area contributed by atoms with Crippen LogP contribution in [0.4, 0.5) is 0 Å². The third-order valence-electron chi connectivity index (χ3n) is 4.68. The lowest BCUT2D eigenvalue weighted by Crippen LogP contribution is -2.38. The molecule has 118 valence electrons. The third-order valence-corrected chi connectivity index (χ3v) is 6.06. The Morgan fingerprint density at radius 1 is 1.10 bits per heavy atom. The van der Waals surface area contributed by atoms with E-state index >= 15 is 0 Å². The SMILES string of the molecule is CN1CCC(CNS(=O)(=O)CCC2CCNCC2)CC1. The number of rotatable bonds is 6. The predicted molar refractivity (Wildman–Crippen MR) is 82.2 cm³/mol. The van der Waals surface area contributed by atoms with Crippen molar-refractivity contribution in [2.45, 2.75) is 32.1 Å². The van der Waals surface area contributed by atoms with E-state index in [-0.39, 0.29) is 0 Å². The van der Waals surface area contributed by atoms with Gasteiger partial charge in [-0.1, -0.05) is 0 Å². The topological polar surface area (TPSA) is 61.4 Å². The van der Waals surface area contributed by atoms with Crippen LogP contribution in [-0.4, -0.2) is 58.8 Å². The zero-order valence-electron chi connectivity index (χ0n) is 12.6. The van der Waals surface area contributed by atoms with Crippen molar-refractivity contribution in [3.8, 4) is 0 Å². The number of hydrogen-bond donors (Lipinski definition) is 2. The summed E-state index contributed by atoms with van der Waals surface area (Å²) in [6.45, 7) is 4.87. The fraction of sp³-hybridized carbons (Fsp3) is 1.00. The largest absolute Gasteiger partial charge is 0.317 e. The highest BCUT2D eigenvalue weighted by molar-refractivity contribution is 7.89. The Morgan fingerprint density at radius 2 is 1.75 bits per heavy atom. The third kappa shape index (κ3) is 5.68. The van der Waals surface area contributed by atoms with Crippen molar-refractivity contribution in [1.29, 1.82) is 0 Å². The number of nitrogens with zero attached hydrogens (tertiary/aromatic N) is 1. The molecule has 2 heterocycles. The molecule has 2 saturated heterocycles. The van der Waals surface area contributed by atoms with Crippen LogP contribution in [0.15, 0.2) is 0 Å². The van der Waals surface area contributed by atoms with Crippen LogP contribution in [0.3, 0.4) is 0 Å². The van der Waals surface area contributed by atoms with Gasteiger partial charge < -0.3 is 10.2 Å². The molecule has 20 heavy (non-hydrogen) atoms. The molecule has 0 unspecified atom stereocenters. The minimum Gasteiger partial charge on any atom is -0.317 e. The van der Waals surface area contributed by atoms with E-state index in [4.69, 9.17) is 0 Å². The second-order valence-corrected chi connectivity index (χ2v) is 8.32. The van der Waals surface area contributed by atoms with Crippen molar-refractivity contribution in [2.24, 2.45) is 11.8 Å². The van der Waals surface area contributed by atoms with E-state index in [0.29, 0.717) is 24.1 Å². The molecule has 5 nitrogen and oxygen atoms in total. The van der Waals surface area contributed by atoms with Gasteiger partial charge in [0.2, 0.25) is 10.0 Å². The lowest BCUT2D eigenvalue weighted by molar-refractivity contribution is 0.220. The van der Waals surface area contributed by atoms with Crippen LogP contribution in [0.5, 0.6) is 0 Å². The lowest BCUT2D eigenvalue weighted by atomic mass is 9.96. The van der Waals surface area contributed by atoms with Crippen molar-refractivity contribution >= 4 is 10.0 Å². The van der Waals surface area contributed by atoms with Gasteiger partial charge >= 0.3 is 0 Å². The molecule has 0 aromatic heterocycles. The fourth-order valence-electron chi connectivity index (χ4n) is 3.08. The van der Waals surface area contributed by atoms with Crippen molar-refractivity contribution in [1.82, 2.24) is 14.9 Å². The molecule has 2 aliphatic rings. The van der Waals surface area contributed by atoms with E-state index in [1.807, 2.05) is 0 Å². The van der Waals surface area contributed by atoms with Gasteiger partial charge in [0.05, 0.1) is 5.75 Å². The fourth-order valence-corrected chi connectivity index (χ4v) is 4.35. The average molecular weight is 303 g/mol. The number of likely N-dealkylation sites (tertiary alicyclic amines) is 1. The van der Waals surface area contributed by atoms with Crippen LogP contribution in [-0.2, 0) is 10.0 Å². The maximum atomic E-state index is 12.0. The molecule has 0 aromatic carbocycles. The zero-order chi connectivity index (χ0) is 14.4. The van der Waals surface area contributed by atoms with Gasteiger partial charge in [0.1, 0.15) is 0 Å². The van der Waals surface area contributed by atoms with E-state index < -0.39 is 10.0 Å². The Labute approximate surface area is 123 Å². The summed E-state index contributed by atoms with van der Waals surface area (Å²) in [6.07, 6.45) is 5.25. The molecule has 0 saturated carbocycles. The highest BCUT2D eigenvalue weighted by Crippen LogP contribution is 2.17. The Kier molecular flexibility index (Phi) is 6.26. The van der Waals surface area contributed by atoms with Crippen LogP contribution in [0, 0.1) is 11.8 Å². The Bertz CT molecular complexity index is 372. The quantitative estimate of drug-likeness (QED) is 0.756.